The van der Waals surface area contributed by atoms with E-state index in [4.69, 9.17) is 11.5 Å². The van der Waals surface area contributed by atoms with Gasteiger partial charge in [0.2, 0.25) is 11.8 Å². The third-order valence-electron chi connectivity index (χ3n) is 2.78. The highest BCUT2D eigenvalue weighted by Gasteiger charge is 1.94. The third kappa shape index (κ3) is 8.14. The molecule has 2 amide bonds. The van der Waals surface area contributed by atoms with Gasteiger partial charge in [-0.25, -0.2) is 0 Å². The molecule has 0 atom stereocenters. The number of hydrogen-bond acceptors (Lipinski definition) is 2. The van der Waals surface area contributed by atoms with Gasteiger partial charge >= 0.3 is 0 Å². The summed E-state index contributed by atoms with van der Waals surface area (Å²) >= 11 is 0. The molecule has 4 heteroatoms. The van der Waals surface area contributed by atoms with E-state index in [0.29, 0.717) is 11.1 Å². The highest BCUT2D eigenvalue weighted by Crippen LogP contribution is 1.95. The van der Waals surface area contributed by atoms with E-state index in [0.717, 1.165) is 0 Å². The fourth-order valence-electron chi connectivity index (χ4n) is 1.59. The van der Waals surface area contributed by atoms with Gasteiger partial charge in [-0.15, -0.1) is 0 Å². The van der Waals surface area contributed by atoms with Crippen molar-refractivity contribution in [2.45, 2.75) is 0 Å². The van der Waals surface area contributed by atoms with Crippen LogP contribution in [-0.4, -0.2) is 11.8 Å². The summed E-state index contributed by atoms with van der Waals surface area (Å²) in [6.45, 7) is 0. The molecule has 0 aliphatic carbocycles. The van der Waals surface area contributed by atoms with Gasteiger partial charge in [-0.05, 0) is 24.3 Å². The van der Waals surface area contributed by atoms with Crippen molar-refractivity contribution in [3.63, 3.8) is 0 Å². The lowest BCUT2D eigenvalue weighted by molar-refractivity contribution is 0.0992. The summed E-state index contributed by atoms with van der Waals surface area (Å²) in [5.74, 6) is -0.758. The van der Waals surface area contributed by atoms with Crippen LogP contribution in [0, 0.1) is 0 Å². The number of hydrogen-bond donors (Lipinski definition) is 2. The number of benzene rings is 3. The summed E-state index contributed by atoms with van der Waals surface area (Å²) < 4.78 is 0. The maximum Gasteiger partial charge on any atom is 0.248 e. The first-order chi connectivity index (χ1) is 11.6. The molecule has 0 saturated heterocycles. The monoisotopic (exact) mass is 320 g/mol. The van der Waals surface area contributed by atoms with Crippen LogP contribution in [0.25, 0.3) is 0 Å². The molecule has 0 spiro atoms. The van der Waals surface area contributed by atoms with Crippen molar-refractivity contribution in [1.82, 2.24) is 0 Å². The highest BCUT2D eigenvalue weighted by molar-refractivity contribution is 5.93. The van der Waals surface area contributed by atoms with Crippen LogP contribution in [0.1, 0.15) is 20.7 Å². The zero-order chi connectivity index (χ0) is 17.6. The van der Waals surface area contributed by atoms with Crippen LogP contribution >= 0.6 is 0 Å². The number of carbonyl (C=O) groups excluding carboxylic acids is 2. The maximum atomic E-state index is 10.4. The third-order valence-corrected chi connectivity index (χ3v) is 2.78. The summed E-state index contributed by atoms with van der Waals surface area (Å²) in [5.41, 5.74) is 11.1. The Morgan fingerprint density at radius 3 is 0.833 bits per heavy atom. The van der Waals surface area contributed by atoms with Gasteiger partial charge in [0, 0.05) is 11.1 Å². The molecule has 0 saturated carbocycles. The lowest BCUT2D eigenvalue weighted by atomic mass is 10.2. The van der Waals surface area contributed by atoms with Crippen LogP contribution in [0.5, 0.6) is 0 Å². The van der Waals surface area contributed by atoms with Crippen LogP contribution in [0.3, 0.4) is 0 Å². The van der Waals surface area contributed by atoms with Crippen LogP contribution in [0.4, 0.5) is 0 Å². The molecule has 4 N–H and O–H groups in total. The Bertz CT molecular complexity index is 638. The van der Waals surface area contributed by atoms with Crippen molar-refractivity contribution in [3.8, 4) is 0 Å². The zero-order valence-corrected chi connectivity index (χ0v) is 13.2. The fraction of sp³-hybridized carbons (Fsp3) is 0. The number of amides is 2. The zero-order valence-electron chi connectivity index (χ0n) is 13.2. The highest BCUT2D eigenvalue weighted by atomic mass is 16.1. The molecule has 0 aromatic heterocycles. The maximum absolute atomic E-state index is 10.4. The van der Waals surface area contributed by atoms with E-state index in [1.165, 1.54) is 0 Å². The lowest BCUT2D eigenvalue weighted by Gasteiger charge is -1.89. The average molecular weight is 320 g/mol. The second kappa shape index (κ2) is 11.2. The Morgan fingerprint density at radius 2 is 0.667 bits per heavy atom. The summed E-state index contributed by atoms with van der Waals surface area (Å²) in [5, 5.41) is 0. The molecule has 0 aliphatic heterocycles. The molecule has 0 bridgehead atoms. The Kier molecular flexibility index (Phi) is 8.71. The van der Waals surface area contributed by atoms with E-state index >= 15 is 0 Å². The molecule has 0 heterocycles. The number of rotatable bonds is 2. The molecule has 3 aromatic rings. The number of primary amides is 2. The van der Waals surface area contributed by atoms with Crippen molar-refractivity contribution < 1.29 is 9.59 Å². The molecular weight excluding hydrogens is 300 g/mol. The minimum absolute atomic E-state index is 0.379. The molecule has 0 radical (unpaired) electrons. The van der Waals surface area contributed by atoms with E-state index < -0.39 is 0 Å². The van der Waals surface area contributed by atoms with Crippen molar-refractivity contribution >= 4 is 11.8 Å². The Hall–Kier alpha value is -3.40. The molecule has 0 aliphatic rings. The predicted octanol–water partition coefficient (Wildman–Crippen LogP) is 3.26. The smallest absolute Gasteiger partial charge is 0.248 e. The van der Waals surface area contributed by atoms with Gasteiger partial charge in [0.25, 0.3) is 0 Å². The minimum Gasteiger partial charge on any atom is -0.366 e. The van der Waals surface area contributed by atoms with Crippen molar-refractivity contribution in [1.29, 1.82) is 0 Å². The van der Waals surface area contributed by atoms with Crippen LogP contribution in [0.2, 0.25) is 0 Å². The van der Waals surface area contributed by atoms with Gasteiger partial charge in [0.15, 0.2) is 0 Å². The van der Waals surface area contributed by atoms with E-state index in [1.807, 2.05) is 48.5 Å². The summed E-state index contributed by atoms with van der Waals surface area (Å²) in [6, 6.07) is 29.5. The van der Waals surface area contributed by atoms with Crippen LogP contribution in [-0.2, 0) is 0 Å². The molecule has 3 aromatic carbocycles. The van der Waals surface area contributed by atoms with E-state index in [2.05, 4.69) is 0 Å². The van der Waals surface area contributed by atoms with Gasteiger partial charge in [0.1, 0.15) is 0 Å². The predicted molar refractivity (Wildman–Crippen MR) is 96.4 cm³/mol. The van der Waals surface area contributed by atoms with Crippen molar-refractivity contribution in [2.75, 3.05) is 0 Å². The van der Waals surface area contributed by atoms with Gasteiger partial charge in [-0.1, -0.05) is 72.8 Å². The molecule has 0 unspecified atom stereocenters. The first kappa shape index (κ1) is 18.6. The number of nitrogens with two attached hydrogens (primary N) is 2. The van der Waals surface area contributed by atoms with Gasteiger partial charge in [-0.3, -0.25) is 9.59 Å². The van der Waals surface area contributed by atoms with Crippen molar-refractivity contribution in [3.05, 3.63) is 108 Å². The molecule has 0 fully saturated rings. The SMILES string of the molecule is NC(=O)c1ccccc1.NC(=O)c1ccccc1.c1ccccc1. The summed E-state index contributed by atoms with van der Waals surface area (Å²) in [7, 11) is 0. The summed E-state index contributed by atoms with van der Waals surface area (Å²) in [6.07, 6.45) is 0. The second-order valence-corrected chi connectivity index (χ2v) is 4.62. The molecule has 24 heavy (non-hydrogen) atoms. The van der Waals surface area contributed by atoms with Crippen LogP contribution < -0.4 is 11.5 Å². The van der Waals surface area contributed by atoms with Gasteiger partial charge in [0.05, 0.1) is 0 Å². The second-order valence-electron chi connectivity index (χ2n) is 4.62. The standard InChI is InChI=1S/2C7H7NO.C6H6/c2*8-7(9)6-4-2-1-3-5-6;1-2-4-6-5-3-1/h2*1-5H,(H2,8,9);1-6H. The average Bonchev–Trinajstić information content (AvgIpc) is 2.65. The Morgan fingerprint density at radius 1 is 0.458 bits per heavy atom. The Balaban J connectivity index is 0.000000184. The molecule has 122 valence electrons. The first-order valence-electron chi connectivity index (χ1n) is 7.31. The van der Waals surface area contributed by atoms with Gasteiger partial charge < -0.3 is 11.5 Å². The van der Waals surface area contributed by atoms with Gasteiger partial charge in [-0.2, -0.15) is 0 Å². The molecular formula is C20H20N2O2. The topological polar surface area (TPSA) is 86.2 Å². The Labute approximate surface area is 141 Å². The minimum atomic E-state index is -0.379. The van der Waals surface area contributed by atoms with E-state index in [-0.39, 0.29) is 11.8 Å². The largest absolute Gasteiger partial charge is 0.366 e. The fourth-order valence-corrected chi connectivity index (χ4v) is 1.59. The van der Waals surface area contributed by atoms with E-state index in [1.54, 1.807) is 48.5 Å². The van der Waals surface area contributed by atoms with Crippen molar-refractivity contribution in [2.24, 2.45) is 11.5 Å². The van der Waals surface area contributed by atoms with E-state index in [9.17, 15) is 9.59 Å². The first-order valence-corrected chi connectivity index (χ1v) is 7.31. The lowest BCUT2D eigenvalue weighted by Crippen LogP contribution is -2.09. The molecule has 3 rings (SSSR count). The quantitative estimate of drug-likeness (QED) is 0.759. The number of carbonyl (C=O) groups is 2. The normalized spacial score (nSPS) is 8.67. The summed E-state index contributed by atoms with van der Waals surface area (Å²) in [4.78, 5) is 20.8. The van der Waals surface area contributed by atoms with Crippen LogP contribution in [0.15, 0.2) is 97.1 Å². The molecule has 4 nitrogen and oxygen atoms in total.